The van der Waals surface area contributed by atoms with Gasteiger partial charge < -0.3 is 4.90 Å². The summed E-state index contributed by atoms with van der Waals surface area (Å²) in [5, 5.41) is 3.55. The van der Waals surface area contributed by atoms with E-state index in [1.165, 1.54) is 35.0 Å². The highest BCUT2D eigenvalue weighted by Crippen LogP contribution is 2.22. The summed E-state index contributed by atoms with van der Waals surface area (Å²) in [5.74, 6) is 0. The molecule has 0 amide bonds. The Morgan fingerprint density at radius 3 is 2.87 bits per heavy atom. The third-order valence-corrected chi connectivity index (χ3v) is 3.49. The number of nitrogens with zero attached hydrogens (tertiary/aromatic N) is 1. The Hall–Kier alpha value is -0.860. The van der Waals surface area contributed by atoms with Crippen LogP contribution in [0.5, 0.6) is 0 Å². The average molecular weight is 219 g/mol. The molecule has 15 heavy (non-hydrogen) atoms. The van der Waals surface area contributed by atoms with Crippen molar-refractivity contribution in [2.45, 2.75) is 12.8 Å². The monoisotopic (exact) mass is 219 g/mol. The Kier molecular flexibility index (Phi) is 3.39. The van der Waals surface area contributed by atoms with E-state index in [1.54, 1.807) is 0 Å². The fourth-order valence-electron chi connectivity index (χ4n) is 1.77. The molecule has 1 aromatic heterocycles. The molecule has 0 aliphatic carbocycles. The van der Waals surface area contributed by atoms with E-state index in [2.05, 4.69) is 48.6 Å². The van der Waals surface area contributed by atoms with Gasteiger partial charge in [-0.05, 0) is 61.9 Å². The molecule has 0 atom stereocenters. The van der Waals surface area contributed by atoms with Gasteiger partial charge in [-0.1, -0.05) is 12.1 Å². The van der Waals surface area contributed by atoms with Crippen molar-refractivity contribution in [3.05, 3.63) is 35.2 Å². The average Bonchev–Trinajstić information content (AvgIpc) is 2.64. The maximum absolute atomic E-state index is 2.32. The van der Waals surface area contributed by atoms with Gasteiger partial charge in [0.2, 0.25) is 0 Å². The molecule has 1 aromatic carbocycles. The third kappa shape index (κ3) is 2.80. The molecule has 1 nitrogen and oxygen atoms in total. The molecule has 0 radical (unpaired) electrons. The number of hydrogen-bond acceptors (Lipinski definition) is 2. The minimum Gasteiger partial charge on any atom is -0.309 e. The lowest BCUT2D eigenvalue weighted by Crippen LogP contribution is -2.13. The first-order chi connectivity index (χ1) is 7.25. The molecule has 0 saturated carbocycles. The summed E-state index contributed by atoms with van der Waals surface area (Å²) in [6.07, 6.45) is 2.42. The molecule has 2 rings (SSSR count). The van der Waals surface area contributed by atoms with Crippen molar-refractivity contribution < 1.29 is 0 Å². The molecular formula is C13H17NS. The number of thiophene rings is 1. The predicted molar refractivity (Wildman–Crippen MR) is 68.7 cm³/mol. The summed E-state index contributed by atoms with van der Waals surface area (Å²) in [4.78, 5) is 2.24. The summed E-state index contributed by atoms with van der Waals surface area (Å²) >= 11 is 1.82. The number of benzene rings is 1. The minimum absolute atomic E-state index is 1.17. The van der Waals surface area contributed by atoms with Crippen molar-refractivity contribution in [2.75, 3.05) is 20.6 Å². The minimum atomic E-state index is 1.17. The van der Waals surface area contributed by atoms with Gasteiger partial charge in [0.1, 0.15) is 0 Å². The topological polar surface area (TPSA) is 3.24 Å². The first-order valence-corrected chi connectivity index (χ1v) is 6.24. The van der Waals surface area contributed by atoms with Crippen molar-refractivity contribution in [1.29, 1.82) is 0 Å². The molecule has 0 aliphatic heterocycles. The van der Waals surface area contributed by atoms with Gasteiger partial charge in [-0.3, -0.25) is 0 Å². The Labute approximate surface area is 95.3 Å². The van der Waals surface area contributed by atoms with E-state index in [4.69, 9.17) is 0 Å². The number of aryl methyl sites for hydroxylation is 1. The summed E-state index contributed by atoms with van der Waals surface area (Å²) in [6, 6.07) is 9.02. The van der Waals surface area contributed by atoms with Crippen LogP contribution in [0.15, 0.2) is 29.6 Å². The number of fused-ring (bicyclic) bond motifs is 1. The molecule has 80 valence electrons. The van der Waals surface area contributed by atoms with Gasteiger partial charge in [-0.25, -0.2) is 0 Å². The highest BCUT2D eigenvalue weighted by molar-refractivity contribution is 7.17. The van der Waals surface area contributed by atoms with Crippen LogP contribution in [0.4, 0.5) is 0 Å². The Morgan fingerprint density at radius 1 is 1.20 bits per heavy atom. The smallest absolute Gasteiger partial charge is 0.0342 e. The van der Waals surface area contributed by atoms with Gasteiger partial charge >= 0.3 is 0 Å². The maximum atomic E-state index is 2.32. The first-order valence-electron chi connectivity index (χ1n) is 5.36. The van der Waals surface area contributed by atoms with E-state index in [0.717, 1.165) is 0 Å². The molecule has 0 saturated heterocycles. The number of rotatable bonds is 4. The standard InChI is InChI=1S/C13H17NS/c1-14(2)8-3-4-11-5-6-13-12(10-11)7-9-15-13/h5-7,9-10H,3-4,8H2,1-2H3. The van der Waals surface area contributed by atoms with E-state index in [0.29, 0.717) is 0 Å². The van der Waals surface area contributed by atoms with E-state index in [9.17, 15) is 0 Å². The van der Waals surface area contributed by atoms with Crippen molar-refractivity contribution in [3.8, 4) is 0 Å². The van der Waals surface area contributed by atoms with Gasteiger partial charge in [0.25, 0.3) is 0 Å². The normalized spacial score (nSPS) is 11.4. The van der Waals surface area contributed by atoms with Crippen LogP contribution in [0.3, 0.4) is 0 Å². The maximum Gasteiger partial charge on any atom is 0.0342 e. The highest BCUT2D eigenvalue weighted by atomic mass is 32.1. The molecule has 0 bridgehead atoms. The summed E-state index contributed by atoms with van der Waals surface area (Å²) in [6.45, 7) is 1.17. The zero-order chi connectivity index (χ0) is 10.7. The second kappa shape index (κ2) is 4.77. The first kappa shape index (κ1) is 10.7. The molecule has 0 fully saturated rings. The Morgan fingerprint density at radius 2 is 2.07 bits per heavy atom. The van der Waals surface area contributed by atoms with Crippen LogP contribution in [0, 0.1) is 0 Å². The lowest BCUT2D eigenvalue weighted by Gasteiger charge is -2.08. The number of hydrogen-bond donors (Lipinski definition) is 0. The zero-order valence-electron chi connectivity index (χ0n) is 9.36. The predicted octanol–water partition coefficient (Wildman–Crippen LogP) is 3.40. The van der Waals surface area contributed by atoms with Gasteiger partial charge in [-0.2, -0.15) is 0 Å². The third-order valence-electron chi connectivity index (χ3n) is 2.59. The van der Waals surface area contributed by atoms with Gasteiger partial charge in [0.15, 0.2) is 0 Å². The van der Waals surface area contributed by atoms with Gasteiger partial charge in [0.05, 0.1) is 0 Å². The Balaban J connectivity index is 2.02. The lowest BCUT2D eigenvalue weighted by molar-refractivity contribution is 0.400. The second-order valence-corrected chi connectivity index (χ2v) is 5.15. The Bertz CT molecular complexity index is 431. The van der Waals surface area contributed by atoms with Crippen molar-refractivity contribution in [2.24, 2.45) is 0 Å². The van der Waals surface area contributed by atoms with E-state index in [1.807, 2.05) is 11.3 Å². The largest absolute Gasteiger partial charge is 0.309 e. The quantitative estimate of drug-likeness (QED) is 0.762. The molecule has 0 aliphatic rings. The molecular weight excluding hydrogens is 202 g/mol. The zero-order valence-corrected chi connectivity index (χ0v) is 10.2. The van der Waals surface area contributed by atoms with Crippen molar-refractivity contribution in [1.82, 2.24) is 4.90 Å². The van der Waals surface area contributed by atoms with Crippen LogP contribution in [0.25, 0.3) is 10.1 Å². The van der Waals surface area contributed by atoms with Crippen LogP contribution in [-0.2, 0) is 6.42 Å². The molecule has 1 heterocycles. The molecule has 0 N–H and O–H groups in total. The van der Waals surface area contributed by atoms with Crippen LogP contribution in [-0.4, -0.2) is 25.5 Å². The summed E-state index contributed by atoms with van der Waals surface area (Å²) in [5.41, 5.74) is 1.46. The fraction of sp³-hybridized carbons (Fsp3) is 0.385. The highest BCUT2D eigenvalue weighted by Gasteiger charge is 1.98. The second-order valence-electron chi connectivity index (χ2n) is 4.20. The fourth-order valence-corrected chi connectivity index (χ4v) is 2.54. The lowest BCUT2D eigenvalue weighted by atomic mass is 10.1. The van der Waals surface area contributed by atoms with Gasteiger partial charge in [-0.15, -0.1) is 11.3 Å². The van der Waals surface area contributed by atoms with Crippen LogP contribution < -0.4 is 0 Å². The van der Waals surface area contributed by atoms with Gasteiger partial charge in [0, 0.05) is 4.70 Å². The SMILES string of the molecule is CN(C)CCCc1ccc2sccc2c1. The summed E-state index contributed by atoms with van der Waals surface area (Å²) < 4.78 is 1.39. The van der Waals surface area contributed by atoms with E-state index < -0.39 is 0 Å². The van der Waals surface area contributed by atoms with E-state index >= 15 is 0 Å². The van der Waals surface area contributed by atoms with Crippen molar-refractivity contribution in [3.63, 3.8) is 0 Å². The van der Waals surface area contributed by atoms with E-state index in [-0.39, 0.29) is 0 Å². The molecule has 2 heteroatoms. The van der Waals surface area contributed by atoms with Crippen LogP contribution in [0.1, 0.15) is 12.0 Å². The molecule has 2 aromatic rings. The van der Waals surface area contributed by atoms with Crippen LogP contribution in [0.2, 0.25) is 0 Å². The van der Waals surface area contributed by atoms with Crippen LogP contribution >= 0.6 is 11.3 Å². The summed E-state index contributed by atoms with van der Waals surface area (Å²) in [7, 11) is 4.25. The molecule has 0 spiro atoms. The molecule has 0 unspecified atom stereocenters. The van der Waals surface area contributed by atoms with Crippen molar-refractivity contribution >= 4 is 21.4 Å².